The van der Waals surface area contributed by atoms with E-state index in [2.05, 4.69) is 0 Å². The minimum atomic E-state index is -0.931. The van der Waals surface area contributed by atoms with Gasteiger partial charge in [-0.15, -0.1) is 24.8 Å². The Kier molecular flexibility index (Phi) is 6.47. The van der Waals surface area contributed by atoms with E-state index >= 15 is 0 Å². The Labute approximate surface area is 82.4 Å². The molecule has 0 amide bonds. The zero-order valence-electron chi connectivity index (χ0n) is 6.06. The van der Waals surface area contributed by atoms with Crippen LogP contribution in [-0.2, 0) is 0 Å². The molecule has 0 fully saturated rings. The van der Waals surface area contributed by atoms with E-state index in [4.69, 9.17) is 10.8 Å². The van der Waals surface area contributed by atoms with Crippen LogP contribution in [0.2, 0.25) is 0 Å². The van der Waals surface area contributed by atoms with Crippen molar-refractivity contribution in [1.29, 1.82) is 0 Å². The highest BCUT2D eigenvalue weighted by molar-refractivity contribution is 5.87. The first kappa shape index (κ1) is 13.6. The Bertz CT molecular complexity index is 248. The average molecular weight is 210 g/mol. The summed E-state index contributed by atoms with van der Waals surface area (Å²) in [5.74, 6) is -0.931. The summed E-state index contributed by atoms with van der Waals surface area (Å²) in [7, 11) is 0. The molecule has 1 aromatic rings. The van der Waals surface area contributed by atoms with Crippen LogP contribution in [0.4, 0.5) is 5.69 Å². The maximum atomic E-state index is 10.3. The van der Waals surface area contributed by atoms with Gasteiger partial charge in [0.15, 0.2) is 0 Å². The molecule has 12 heavy (non-hydrogen) atoms. The first-order valence-electron chi connectivity index (χ1n) is 2.79. The van der Waals surface area contributed by atoms with Gasteiger partial charge in [-0.2, -0.15) is 0 Å². The molecule has 0 aliphatic rings. The Balaban J connectivity index is 0. The number of carboxylic acids is 1. The predicted octanol–water partition coefficient (Wildman–Crippen LogP) is 1.81. The number of nitrogens with two attached hydrogens (primary N) is 1. The number of rotatable bonds is 1. The molecule has 68 valence electrons. The number of carboxylic acid groups (broad SMARTS) is 1. The molecule has 0 heterocycles. The third kappa shape index (κ3) is 3.46. The minimum absolute atomic E-state index is 0. The lowest BCUT2D eigenvalue weighted by molar-refractivity contribution is 0.0697. The number of hydrogen-bond acceptors (Lipinski definition) is 2. The highest BCUT2D eigenvalue weighted by Crippen LogP contribution is 2.04. The summed E-state index contributed by atoms with van der Waals surface area (Å²) in [6.45, 7) is 0. The molecule has 0 saturated heterocycles. The van der Waals surface area contributed by atoms with Crippen LogP contribution in [0, 0.1) is 0 Å². The van der Waals surface area contributed by atoms with Gasteiger partial charge >= 0.3 is 5.97 Å². The highest BCUT2D eigenvalue weighted by Gasteiger charge is 1.98. The van der Waals surface area contributed by atoms with E-state index in [9.17, 15) is 4.79 Å². The molecule has 0 saturated carbocycles. The third-order valence-corrected chi connectivity index (χ3v) is 1.16. The van der Waals surface area contributed by atoms with Crippen LogP contribution in [0.3, 0.4) is 0 Å². The quantitative estimate of drug-likeness (QED) is 0.694. The van der Waals surface area contributed by atoms with Crippen LogP contribution < -0.4 is 5.73 Å². The van der Waals surface area contributed by atoms with Crippen molar-refractivity contribution in [2.75, 3.05) is 5.73 Å². The second-order valence-corrected chi connectivity index (χ2v) is 1.93. The lowest BCUT2D eigenvalue weighted by Gasteiger charge is -1.93. The third-order valence-electron chi connectivity index (χ3n) is 1.16. The van der Waals surface area contributed by atoms with Gasteiger partial charge in [0, 0.05) is 5.69 Å². The van der Waals surface area contributed by atoms with Gasteiger partial charge in [-0.1, -0.05) is 0 Å². The van der Waals surface area contributed by atoms with Crippen LogP contribution in [-0.4, -0.2) is 11.1 Å². The van der Waals surface area contributed by atoms with Crippen LogP contribution in [0.5, 0.6) is 0 Å². The van der Waals surface area contributed by atoms with Crippen molar-refractivity contribution in [3.63, 3.8) is 0 Å². The Morgan fingerprint density at radius 3 is 1.92 bits per heavy atom. The fraction of sp³-hybridized carbons (Fsp3) is 0. The molecule has 3 N–H and O–H groups in total. The Morgan fingerprint density at radius 2 is 1.58 bits per heavy atom. The number of anilines is 1. The Morgan fingerprint density at radius 1 is 1.17 bits per heavy atom. The van der Waals surface area contributed by atoms with E-state index in [-0.39, 0.29) is 30.4 Å². The molecule has 0 radical (unpaired) electrons. The largest absolute Gasteiger partial charge is 0.478 e. The van der Waals surface area contributed by atoms with E-state index in [0.717, 1.165) is 0 Å². The van der Waals surface area contributed by atoms with Crippen LogP contribution in [0.25, 0.3) is 0 Å². The maximum Gasteiger partial charge on any atom is 0.335 e. The summed E-state index contributed by atoms with van der Waals surface area (Å²) in [5, 5.41) is 8.43. The molecule has 0 aliphatic heterocycles. The molecule has 0 aliphatic carbocycles. The summed E-state index contributed by atoms with van der Waals surface area (Å²) in [5.41, 5.74) is 6.17. The summed E-state index contributed by atoms with van der Waals surface area (Å²) >= 11 is 0. The second kappa shape index (κ2) is 5.69. The normalized spacial score (nSPS) is 7.67. The molecule has 0 spiro atoms. The lowest BCUT2D eigenvalue weighted by atomic mass is 10.2. The monoisotopic (exact) mass is 209 g/mol. The zero-order chi connectivity index (χ0) is 7.56. The topological polar surface area (TPSA) is 63.3 Å². The van der Waals surface area contributed by atoms with Crippen molar-refractivity contribution in [3.8, 4) is 0 Å². The summed E-state index contributed by atoms with van der Waals surface area (Å²) in [6, 6.07) is 6.06. The number of halogens is 2. The van der Waals surface area contributed by atoms with Crippen LogP contribution >= 0.6 is 24.8 Å². The van der Waals surface area contributed by atoms with Crippen LogP contribution in [0.15, 0.2) is 24.3 Å². The number of hydrogen-bond donors (Lipinski definition) is 2. The van der Waals surface area contributed by atoms with Gasteiger partial charge < -0.3 is 10.8 Å². The molecule has 0 bridgehead atoms. The van der Waals surface area contributed by atoms with Gasteiger partial charge in [-0.05, 0) is 24.3 Å². The molecule has 5 heteroatoms. The summed E-state index contributed by atoms with van der Waals surface area (Å²) in [6.07, 6.45) is 0. The zero-order valence-corrected chi connectivity index (χ0v) is 7.69. The molecule has 3 nitrogen and oxygen atoms in total. The summed E-state index contributed by atoms with van der Waals surface area (Å²) in [4.78, 5) is 10.3. The molecular weight excluding hydrogens is 201 g/mol. The van der Waals surface area contributed by atoms with E-state index in [1.807, 2.05) is 0 Å². The van der Waals surface area contributed by atoms with Gasteiger partial charge in [0.1, 0.15) is 0 Å². The molecule has 1 rings (SSSR count). The Hall–Kier alpha value is -0.930. The standard InChI is InChI=1S/C7H7NO2.2ClH/c8-6-3-1-5(2-4-6)7(9)10;;/h1-4H,8H2,(H,9,10);2*1H. The molecule has 1 aromatic carbocycles. The van der Waals surface area contributed by atoms with Crippen molar-refractivity contribution in [2.45, 2.75) is 0 Å². The van der Waals surface area contributed by atoms with Gasteiger partial charge in [0.25, 0.3) is 0 Å². The van der Waals surface area contributed by atoms with Crippen molar-refractivity contribution in [1.82, 2.24) is 0 Å². The van der Waals surface area contributed by atoms with Gasteiger partial charge in [0.2, 0.25) is 0 Å². The number of nitrogen functional groups attached to an aromatic ring is 1. The number of carbonyl (C=O) groups is 1. The SMILES string of the molecule is Cl.Cl.Nc1ccc(C(=O)O)cc1. The first-order chi connectivity index (χ1) is 4.70. The predicted molar refractivity (Wildman–Crippen MR) is 52.3 cm³/mol. The van der Waals surface area contributed by atoms with Crippen LogP contribution in [0.1, 0.15) is 10.4 Å². The van der Waals surface area contributed by atoms with E-state index in [0.29, 0.717) is 5.69 Å². The second-order valence-electron chi connectivity index (χ2n) is 1.93. The van der Waals surface area contributed by atoms with Gasteiger partial charge in [0.05, 0.1) is 5.56 Å². The van der Waals surface area contributed by atoms with Gasteiger partial charge in [-0.25, -0.2) is 4.79 Å². The van der Waals surface area contributed by atoms with E-state index < -0.39 is 5.97 Å². The van der Waals surface area contributed by atoms with Crippen molar-refractivity contribution in [2.24, 2.45) is 0 Å². The van der Waals surface area contributed by atoms with E-state index in [1.165, 1.54) is 12.1 Å². The molecular formula is C7H9Cl2NO2. The highest BCUT2D eigenvalue weighted by atomic mass is 35.5. The van der Waals surface area contributed by atoms with Crippen molar-refractivity contribution >= 4 is 36.5 Å². The smallest absolute Gasteiger partial charge is 0.335 e. The number of aromatic carboxylic acids is 1. The average Bonchev–Trinajstić information content (AvgIpc) is 1.88. The molecule has 0 aromatic heterocycles. The van der Waals surface area contributed by atoms with Gasteiger partial charge in [-0.3, -0.25) is 0 Å². The maximum absolute atomic E-state index is 10.3. The fourth-order valence-electron chi connectivity index (χ4n) is 0.626. The number of benzene rings is 1. The lowest BCUT2D eigenvalue weighted by Crippen LogP contribution is -1.95. The first-order valence-corrected chi connectivity index (χ1v) is 2.79. The van der Waals surface area contributed by atoms with Crippen molar-refractivity contribution < 1.29 is 9.90 Å². The fourth-order valence-corrected chi connectivity index (χ4v) is 0.626. The van der Waals surface area contributed by atoms with Crippen molar-refractivity contribution in [3.05, 3.63) is 29.8 Å². The van der Waals surface area contributed by atoms with E-state index in [1.54, 1.807) is 12.1 Å². The molecule has 0 atom stereocenters. The molecule has 0 unspecified atom stereocenters. The minimum Gasteiger partial charge on any atom is -0.478 e. The summed E-state index contributed by atoms with van der Waals surface area (Å²) < 4.78 is 0.